The zero-order valence-corrected chi connectivity index (χ0v) is 10.3. The molecule has 1 unspecified atom stereocenters. The summed E-state index contributed by atoms with van der Waals surface area (Å²) in [7, 11) is 0. The molecule has 1 aliphatic heterocycles. The molecule has 0 radical (unpaired) electrons. The number of benzene rings is 1. The molecule has 1 nitrogen and oxygen atoms in total. The Kier molecular flexibility index (Phi) is 2.64. The predicted molar refractivity (Wildman–Crippen MR) is 70.8 cm³/mol. The van der Waals surface area contributed by atoms with E-state index < -0.39 is 0 Å². The maximum Gasteiger partial charge on any atom is 0.0906 e. The Balaban J connectivity index is 1.78. The third kappa shape index (κ3) is 2.20. The van der Waals surface area contributed by atoms with E-state index in [1.165, 1.54) is 29.5 Å². The SMILES string of the molecule is Cc1ccc(C=C2C=CC3(CCCO3)C2)cc1. The molecular weight excluding hydrogens is 208 g/mol. The van der Waals surface area contributed by atoms with Crippen molar-refractivity contribution in [2.75, 3.05) is 6.61 Å². The number of ether oxygens (including phenoxy) is 1. The van der Waals surface area contributed by atoms with E-state index in [9.17, 15) is 0 Å². The molecule has 1 aliphatic carbocycles. The van der Waals surface area contributed by atoms with E-state index in [4.69, 9.17) is 4.74 Å². The van der Waals surface area contributed by atoms with Gasteiger partial charge < -0.3 is 4.74 Å². The van der Waals surface area contributed by atoms with E-state index in [-0.39, 0.29) is 5.60 Å². The average molecular weight is 226 g/mol. The Morgan fingerprint density at radius 3 is 2.76 bits per heavy atom. The molecule has 1 atom stereocenters. The Bertz CT molecular complexity index is 459. The van der Waals surface area contributed by atoms with Crippen LogP contribution in [0.15, 0.2) is 42.0 Å². The summed E-state index contributed by atoms with van der Waals surface area (Å²) >= 11 is 0. The minimum Gasteiger partial charge on any atom is -0.371 e. The summed E-state index contributed by atoms with van der Waals surface area (Å²) in [6.45, 7) is 3.04. The molecular formula is C16H18O. The summed E-state index contributed by atoms with van der Waals surface area (Å²) in [6, 6.07) is 8.67. The van der Waals surface area contributed by atoms with Gasteiger partial charge in [-0.3, -0.25) is 0 Å². The van der Waals surface area contributed by atoms with Crippen LogP contribution in [-0.4, -0.2) is 12.2 Å². The molecule has 1 heterocycles. The molecule has 2 aliphatic rings. The molecule has 0 amide bonds. The maximum atomic E-state index is 5.86. The van der Waals surface area contributed by atoms with E-state index in [0.29, 0.717) is 0 Å². The second-order valence-electron chi connectivity index (χ2n) is 5.16. The Morgan fingerprint density at radius 1 is 1.24 bits per heavy atom. The molecule has 17 heavy (non-hydrogen) atoms. The highest BCUT2D eigenvalue weighted by Crippen LogP contribution is 2.39. The zero-order valence-electron chi connectivity index (χ0n) is 10.3. The van der Waals surface area contributed by atoms with Crippen molar-refractivity contribution >= 4 is 6.08 Å². The van der Waals surface area contributed by atoms with E-state index >= 15 is 0 Å². The minimum absolute atomic E-state index is 0.0382. The van der Waals surface area contributed by atoms with Crippen LogP contribution in [0, 0.1) is 6.92 Å². The summed E-state index contributed by atoms with van der Waals surface area (Å²) in [5, 5.41) is 0. The van der Waals surface area contributed by atoms with Gasteiger partial charge in [0.05, 0.1) is 5.60 Å². The average Bonchev–Trinajstić information content (AvgIpc) is 2.94. The van der Waals surface area contributed by atoms with Crippen LogP contribution in [0.25, 0.3) is 6.08 Å². The lowest BCUT2D eigenvalue weighted by molar-refractivity contribution is 0.0510. The topological polar surface area (TPSA) is 9.23 Å². The summed E-state index contributed by atoms with van der Waals surface area (Å²) in [5.74, 6) is 0. The van der Waals surface area contributed by atoms with Gasteiger partial charge in [0.2, 0.25) is 0 Å². The predicted octanol–water partition coefficient (Wildman–Crippen LogP) is 3.89. The van der Waals surface area contributed by atoms with E-state index in [1.807, 2.05) is 0 Å². The maximum absolute atomic E-state index is 5.86. The van der Waals surface area contributed by atoms with Crippen LogP contribution in [0.4, 0.5) is 0 Å². The molecule has 88 valence electrons. The summed E-state index contributed by atoms with van der Waals surface area (Å²) in [6.07, 6.45) is 10.2. The molecule has 1 fully saturated rings. The number of hydrogen-bond donors (Lipinski definition) is 0. The molecule has 1 aromatic carbocycles. The Labute approximate surface area is 103 Å². The van der Waals surface area contributed by atoms with E-state index in [1.54, 1.807) is 0 Å². The molecule has 1 heteroatoms. The van der Waals surface area contributed by atoms with Crippen molar-refractivity contribution in [1.82, 2.24) is 0 Å². The molecule has 1 spiro atoms. The third-order valence-corrected chi connectivity index (χ3v) is 3.67. The van der Waals surface area contributed by atoms with Gasteiger partial charge in [-0.2, -0.15) is 0 Å². The lowest BCUT2D eigenvalue weighted by Gasteiger charge is -2.19. The van der Waals surface area contributed by atoms with Crippen LogP contribution >= 0.6 is 0 Å². The molecule has 0 bridgehead atoms. The van der Waals surface area contributed by atoms with Crippen LogP contribution in [-0.2, 0) is 4.74 Å². The summed E-state index contributed by atoms with van der Waals surface area (Å²) < 4.78 is 5.86. The lowest BCUT2D eigenvalue weighted by Crippen LogP contribution is -2.21. The van der Waals surface area contributed by atoms with Crippen molar-refractivity contribution in [3.63, 3.8) is 0 Å². The van der Waals surface area contributed by atoms with Crippen LogP contribution < -0.4 is 0 Å². The number of rotatable bonds is 1. The Hall–Kier alpha value is -1.34. The molecule has 1 aromatic rings. The molecule has 1 saturated heterocycles. The minimum atomic E-state index is 0.0382. The highest BCUT2D eigenvalue weighted by Gasteiger charge is 2.35. The number of allylic oxidation sites excluding steroid dienone is 1. The fraction of sp³-hybridized carbons (Fsp3) is 0.375. The van der Waals surface area contributed by atoms with Gasteiger partial charge in [-0.25, -0.2) is 0 Å². The molecule has 0 aromatic heterocycles. The van der Waals surface area contributed by atoms with Gasteiger partial charge in [0, 0.05) is 13.0 Å². The standard InChI is InChI=1S/C16H18O/c1-13-3-5-14(6-4-13)11-15-7-9-16(12-15)8-2-10-17-16/h3-7,9,11H,2,8,10,12H2,1H3. The van der Waals surface area contributed by atoms with Gasteiger partial charge in [0.1, 0.15) is 0 Å². The van der Waals surface area contributed by atoms with E-state index in [0.717, 1.165) is 13.0 Å². The molecule has 0 saturated carbocycles. The smallest absolute Gasteiger partial charge is 0.0906 e. The van der Waals surface area contributed by atoms with E-state index in [2.05, 4.69) is 49.4 Å². The molecule has 3 rings (SSSR count). The Morgan fingerprint density at radius 2 is 2.06 bits per heavy atom. The monoisotopic (exact) mass is 226 g/mol. The van der Waals surface area contributed by atoms with Gasteiger partial charge >= 0.3 is 0 Å². The van der Waals surface area contributed by atoms with Crippen molar-refractivity contribution in [3.05, 3.63) is 53.1 Å². The van der Waals surface area contributed by atoms with Crippen molar-refractivity contribution in [1.29, 1.82) is 0 Å². The van der Waals surface area contributed by atoms with Gasteiger partial charge in [-0.1, -0.05) is 48.1 Å². The third-order valence-electron chi connectivity index (χ3n) is 3.67. The van der Waals surface area contributed by atoms with Gasteiger partial charge in [-0.05, 0) is 30.9 Å². The quantitative estimate of drug-likeness (QED) is 0.706. The first-order valence-electron chi connectivity index (χ1n) is 6.36. The van der Waals surface area contributed by atoms with Crippen molar-refractivity contribution in [2.24, 2.45) is 0 Å². The zero-order chi connectivity index (χ0) is 11.7. The van der Waals surface area contributed by atoms with Gasteiger partial charge in [-0.15, -0.1) is 0 Å². The largest absolute Gasteiger partial charge is 0.371 e. The van der Waals surface area contributed by atoms with Crippen LogP contribution in [0.5, 0.6) is 0 Å². The summed E-state index contributed by atoms with van der Waals surface area (Å²) in [4.78, 5) is 0. The van der Waals surface area contributed by atoms with Crippen LogP contribution in [0.1, 0.15) is 30.4 Å². The summed E-state index contributed by atoms with van der Waals surface area (Å²) in [5.41, 5.74) is 4.02. The van der Waals surface area contributed by atoms with Gasteiger partial charge in [0.25, 0.3) is 0 Å². The number of hydrogen-bond acceptors (Lipinski definition) is 1. The fourth-order valence-corrected chi connectivity index (χ4v) is 2.69. The highest BCUT2D eigenvalue weighted by molar-refractivity contribution is 5.58. The first-order chi connectivity index (χ1) is 8.26. The lowest BCUT2D eigenvalue weighted by atomic mass is 9.97. The normalized spacial score (nSPS) is 29.6. The second-order valence-corrected chi connectivity index (χ2v) is 5.16. The van der Waals surface area contributed by atoms with Gasteiger partial charge in [0.15, 0.2) is 0 Å². The fourth-order valence-electron chi connectivity index (χ4n) is 2.69. The number of aryl methyl sites for hydroxylation is 1. The first kappa shape index (κ1) is 10.8. The second kappa shape index (κ2) is 4.15. The molecule has 0 N–H and O–H groups in total. The van der Waals surface area contributed by atoms with Crippen LogP contribution in [0.3, 0.4) is 0 Å². The van der Waals surface area contributed by atoms with Crippen molar-refractivity contribution < 1.29 is 4.74 Å². The van der Waals surface area contributed by atoms with Crippen molar-refractivity contribution in [3.8, 4) is 0 Å². The van der Waals surface area contributed by atoms with Crippen molar-refractivity contribution in [2.45, 2.75) is 31.8 Å². The first-order valence-corrected chi connectivity index (χ1v) is 6.36. The van der Waals surface area contributed by atoms with Crippen LogP contribution in [0.2, 0.25) is 0 Å². The highest BCUT2D eigenvalue weighted by atomic mass is 16.5.